The molecule has 1 atom stereocenters. The van der Waals surface area contributed by atoms with Crippen molar-refractivity contribution in [2.75, 3.05) is 10.7 Å². The van der Waals surface area contributed by atoms with Crippen molar-refractivity contribution in [3.8, 4) is 0 Å². The monoisotopic (exact) mass is 382 g/mol. The van der Waals surface area contributed by atoms with Crippen LogP contribution in [0.15, 0.2) is 72.1 Å². The number of fused-ring (bicyclic) bond motifs is 1. The Morgan fingerprint density at radius 3 is 2.59 bits per heavy atom. The van der Waals surface area contributed by atoms with Crippen molar-refractivity contribution in [1.82, 2.24) is 10.3 Å². The topological polar surface area (TPSA) is 65.0 Å². The van der Waals surface area contributed by atoms with E-state index in [2.05, 4.69) is 10.5 Å². The van der Waals surface area contributed by atoms with Crippen LogP contribution in [0.2, 0.25) is 0 Å². The molecule has 1 N–H and O–H groups in total. The van der Waals surface area contributed by atoms with Gasteiger partial charge in [0, 0.05) is 23.7 Å². The molecule has 8 heteroatoms. The minimum absolute atomic E-state index is 0.135. The van der Waals surface area contributed by atoms with Gasteiger partial charge in [-0.2, -0.15) is 5.10 Å². The fourth-order valence-corrected chi connectivity index (χ4v) is 3.63. The van der Waals surface area contributed by atoms with Crippen molar-refractivity contribution >= 4 is 34.3 Å². The van der Waals surface area contributed by atoms with Gasteiger partial charge in [0.15, 0.2) is 11.0 Å². The Morgan fingerprint density at radius 1 is 1.11 bits per heavy atom. The fourth-order valence-electron chi connectivity index (χ4n) is 2.77. The number of rotatable bonds is 4. The van der Waals surface area contributed by atoms with E-state index in [0.717, 1.165) is 5.69 Å². The number of Topliss-reactive ketones (excluding diaryl/α,β-unsaturated/α-hetero) is 1. The lowest BCUT2D eigenvalue weighted by Gasteiger charge is -2.31. The van der Waals surface area contributed by atoms with E-state index >= 15 is 0 Å². The van der Waals surface area contributed by atoms with Gasteiger partial charge >= 0.3 is 0 Å². The maximum absolute atomic E-state index is 13.0. The van der Waals surface area contributed by atoms with Gasteiger partial charge in [-0.05, 0) is 36.4 Å². The molecular weight excluding hydrogens is 367 g/mol. The molecule has 0 saturated heterocycles. The summed E-state index contributed by atoms with van der Waals surface area (Å²) in [6.07, 6.45) is 2.80. The van der Waals surface area contributed by atoms with Gasteiger partial charge in [-0.1, -0.05) is 30.0 Å². The number of anilines is 1. The first-order valence-corrected chi connectivity index (χ1v) is 9.21. The van der Waals surface area contributed by atoms with E-state index < -0.39 is 6.17 Å². The van der Waals surface area contributed by atoms with E-state index in [1.54, 1.807) is 22.2 Å². The summed E-state index contributed by atoms with van der Waals surface area (Å²) in [4.78, 5) is 28.2. The highest BCUT2D eigenvalue weighted by Crippen LogP contribution is 2.25. The average Bonchev–Trinajstić information content (AvgIpc) is 3.11. The van der Waals surface area contributed by atoms with Crippen molar-refractivity contribution in [2.45, 2.75) is 6.17 Å². The summed E-state index contributed by atoms with van der Waals surface area (Å²) in [6.45, 7) is 0. The Hall–Kier alpha value is -3.13. The van der Waals surface area contributed by atoms with Gasteiger partial charge in [-0.15, -0.1) is 0 Å². The first kappa shape index (κ1) is 17.3. The number of carbonyl (C=O) groups excluding carboxylic acids is 2. The van der Waals surface area contributed by atoms with Crippen LogP contribution in [0, 0.1) is 5.82 Å². The summed E-state index contributed by atoms with van der Waals surface area (Å²) in [5.74, 6) is -0.539. The molecule has 1 amide bonds. The minimum atomic E-state index is -0.640. The number of hydrogen-bond donors (Lipinski definition) is 1. The molecule has 0 saturated carbocycles. The number of amides is 1. The second-order valence-electron chi connectivity index (χ2n) is 5.89. The standard InChI is InChI=1S/C19H15FN4O2S/c20-14-8-6-13(7-9-14)16(25)12-27-19-22-21-17-18(26)23(10-11-24(17)19)15-4-2-1-3-5-15/h1-11,17,21H,12H2. The summed E-state index contributed by atoms with van der Waals surface area (Å²) < 4.78 is 13.0. The third-order valence-corrected chi connectivity index (χ3v) is 5.13. The van der Waals surface area contributed by atoms with Gasteiger partial charge in [0.1, 0.15) is 5.82 Å². The van der Waals surface area contributed by atoms with Crippen LogP contribution in [0.1, 0.15) is 10.4 Å². The summed E-state index contributed by atoms with van der Waals surface area (Å²) in [5.41, 5.74) is 4.03. The predicted octanol–water partition coefficient (Wildman–Crippen LogP) is 2.76. The van der Waals surface area contributed by atoms with Crippen LogP contribution in [0.5, 0.6) is 0 Å². The van der Waals surface area contributed by atoms with Crippen LogP contribution >= 0.6 is 11.8 Å². The van der Waals surface area contributed by atoms with Gasteiger partial charge in [-0.3, -0.25) is 24.8 Å². The zero-order chi connectivity index (χ0) is 18.8. The zero-order valence-corrected chi connectivity index (χ0v) is 14.9. The lowest BCUT2D eigenvalue weighted by Crippen LogP contribution is -2.52. The number of benzene rings is 2. The molecule has 4 rings (SSSR count). The summed E-state index contributed by atoms with van der Waals surface area (Å²) in [6, 6.07) is 14.7. The molecule has 2 heterocycles. The number of para-hydroxylation sites is 1. The van der Waals surface area contributed by atoms with Gasteiger partial charge in [0.2, 0.25) is 6.17 Å². The van der Waals surface area contributed by atoms with E-state index in [9.17, 15) is 14.0 Å². The maximum atomic E-state index is 13.0. The SMILES string of the molecule is O=C(CSC1=NNC2C(=O)N(c3ccccc3)C=CN12)c1ccc(F)cc1. The third-order valence-electron chi connectivity index (χ3n) is 4.16. The predicted molar refractivity (Wildman–Crippen MR) is 102 cm³/mol. The zero-order valence-electron chi connectivity index (χ0n) is 14.1. The molecule has 1 unspecified atom stereocenters. The molecular formula is C19H15FN4O2S. The smallest absolute Gasteiger partial charge is 0.276 e. The van der Waals surface area contributed by atoms with Crippen LogP contribution < -0.4 is 10.3 Å². The average molecular weight is 382 g/mol. The Bertz CT molecular complexity index is 930. The molecule has 27 heavy (non-hydrogen) atoms. The number of thioether (sulfide) groups is 1. The van der Waals surface area contributed by atoms with Crippen molar-refractivity contribution in [1.29, 1.82) is 0 Å². The molecule has 2 aromatic carbocycles. The Kier molecular flexibility index (Phi) is 4.64. The molecule has 0 bridgehead atoms. The molecule has 2 aliphatic rings. The largest absolute Gasteiger partial charge is 0.294 e. The Balaban J connectivity index is 1.42. The van der Waals surface area contributed by atoms with Crippen molar-refractivity contribution in [3.05, 3.63) is 78.4 Å². The van der Waals surface area contributed by atoms with Crippen LogP contribution in [0.25, 0.3) is 0 Å². The van der Waals surface area contributed by atoms with Crippen LogP contribution in [-0.4, -0.2) is 33.7 Å². The highest BCUT2D eigenvalue weighted by Gasteiger charge is 2.38. The molecule has 2 aliphatic heterocycles. The molecule has 0 fully saturated rings. The number of amidine groups is 1. The summed E-state index contributed by atoms with van der Waals surface area (Å²) >= 11 is 1.22. The van der Waals surface area contributed by atoms with Gasteiger partial charge < -0.3 is 0 Å². The van der Waals surface area contributed by atoms with E-state index in [-0.39, 0.29) is 23.3 Å². The van der Waals surface area contributed by atoms with E-state index in [0.29, 0.717) is 10.7 Å². The molecule has 0 radical (unpaired) electrons. The minimum Gasteiger partial charge on any atom is -0.294 e. The number of nitrogens with zero attached hydrogens (tertiary/aromatic N) is 3. The normalized spacial score (nSPS) is 18.2. The lowest BCUT2D eigenvalue weighted by atomic mass is 10.1. The number of hydrazone groups is 1. The fraction of sp³-hybridized carbons (Fsp3) is 0.105. The number of carbonyl (C=O) groups is 2. The second-order valence-corrected chi connectivity index (χ2v) is 6.84. The third kappa shape index (κ3) is 3.43. The van der Waals surface area contributed by atoms with Crippen molar-refractivity contribution in [3.63, 3.8) is 0 Å². The Labute approximate surface area is 159 Å². The number of halogens is 1. The second kappa shape index (κ2) is 7.24. The van der Waals surface area contributed by atoms with Gasteiger partial charge in [-0.25, -0.2) is 4.39 Å². The number of nitrogens with one attached hydrogen (secondary N) is 1. The molecule has 2 aromatic rings. The van der Waals surface area contributed by atoms with Crippen molar-refractivity contribution < 1.29 is 14.0 Å². The highest BCUT2D eigenvalue weighted by molar-refractivity contribution is 8.14. The van der Waals surface area contributed by atoms with Gasteiger partial charge in [0.25, 0.3) is 5.91 Å². The molecule has 0 spiro atoms. The van der Waals surface area contributed by atoms with Crippen LogP contribution in [0.3, 0.4) is 0 Å². The quantitative estimate of drug-likeness (QED) is 0.824. The first-order chi connectivity index (χ1) is 13.1. The van der Waals surface area contributed by atoms with Crippen molar-refractivity contribution in [2.24, 2.45) is 5.10 Å². The Morgan fingerprint density at radius 2 is 1.85 bits per heavy atom. The van der Waals surface area contributed by atoms with E-state index in [4.69, 9.17) is 0 Å². The van der Waals surface area contributed by atoms with Gasteiger partial charge in [0.05, 0.1) is 5.75 Å². The molecule has 0 aliphatic carbocycles. The van der Waals surface area contributed by atoms with E-state index in [1.807, 2.05) is 30.3 Å². The number of ketones is 1. The summed E-state index contributed by atoms with van der Waals surface area (Å²) in [7, 11) is 0. The maximum Gasteiger partial charge on any atom is 0.276 e. The van der Waals surface area contributed by atoms with E-state index in [1.165, 1.54) is 36.0 Å². The molecule has 136 valence electrons. The highest BCUT2D eigenvalue weighted by atomic mass is 32.2. The van der Waals surface area contributed by atoms with Crippen LogP contribution in [-0.2, 0) is 4.79 Å². The number of hydrogen-bond acceptors (Lipinski definition) is 6. The summed E-state index contributed by atoms with van der Waals surface area (Å²) in [5, 5.41) is 4.72. The molecule has 0 aromatic heterocycles. The first-order valence-electron chi connectivity index (χ1n) is 8.23. The molecule has 6 nitrogen and oxygen atoms in total. The van der Waals surface area contributed by atoms with Crippen LogP contribution in [0.4, 0.5) is 10.1 Å². The lowest BCUT2D eigenvalue weighted by molar-refractivity contribution is -0.122.